The van der Waals surface area contributed by atoms with Crippen molar-refractivity contribution in [1.82, 2.24) is 0 Å². The third kappa shape index (κ3) is 1.75. The van der Waals surface area contributed by atoms with Crippen molar-refractivity contribution < 1.29 is 14.6 Å². The highest BCUT2D eigenvalue weighted by atomic mass is 16.5. The van der Waals surface area contributed by atoms with Gasteiger partial charge in [-0.1, -0.05) is 0 Å². The number of methoxy groups -OCH3 is 1. The maximum absolute atomic E-state index is 10.5. The summed E-state index contributed by atoms with van der Waals surface area (Å²) in [6, 6.07) is 5.89. The van der Waals surface area contributed by atoms with Crippen LogP contribution >= 0.6 is 0 Å². The average molecular weight is 165 g/mol. The second-order valence-corrected chi connectivity index (χ2v) is 2.44. The first kappa shape index (κ1) is 8.59. The van der Waals surface area contributed by atoms with Gasteiger partial charge in [-0.15, -0.1) is 0 Å². The first-order valence-electron chi connectivity index (χ1n) is 3.44. The quantitative estimate of drug-likeness (QED) is 0.722. The number of aryl methyl sites for hydroxylation is 1. The largest absolute Gasteiger partial charge is 0.496 e. The molecule has 1 radical (unpaired) electrons. The molecule has 0 aliphatic carbocycles. The molecule has 1 rings (SSSR count). The molecule has 0 aromatic heterocycles. The highest BCUT2D eigenvalue weighted by molar-refractivity contribution is 5.87. The number of carbonyl (C=O) groups is 1. The van der Waals surface area contributed by atoms with Crippen molar-refractivity contribution in [2.75, 3.05) is 7.11 Å². The van der Waals surface area contributed by atoms with Crippen LogP contribution in [0.4, 0.5) is 0 Å². The first-order valence-corrected chi connectivity index (χ1v) is 3.44. The maximum Gasteiger partial charge on any atom is 0.336 e. The predicted molar refractivity (Wildman–Crippen MR) is 43.5 cm³/mol. The fourth-order valence-electron chi connectivity index (χ4n) is 0.906. The van der Waals surface area contributed by atoms with Gasteiger partial charge in [0, 0.05) is 6.07 Å². The zero-order valence-corrected chi connectivity index (χ0v) is 6.92. The molecule has 3 heteroatoms. The van der Waals surface area contributed by atoms with Crippen molar-refractivity contribution in [2.24, 2.45) is 0 Å². The Hall–Kier alpha value is -1.51. The fourth-order valence-corrected chi connectivity index (χ4v) is 0.906. The van der Waals surface area contributed by atoms with Crippen LogP contribution in [0.3, 0.4) is 0 Å². The van der Waals surface area contributed by atoms with Crippen LogP contribution in [-0.4, -0.2) is 18.2 Å². The Morgan fingerprint density at radius 3 is 2.75 bits per heavy atom. The summed E-state index contributed by atoms with van der Waals surface area (Å²) in [5, 5.41) is 8.64. The highest BCUT2D eigenvalue weighted by Gasteiger charge is 2.05. The van der Waals surface area contributed by atoms with Crippen LogP contribution in [0.1, 0.15) is 15.9 Å². The zero-order chi connectivity index (χ0) is 9.14. The van der Waals surface area contributed by atoms with E-state index in [0.717, 1.165) is 5.56 Å². The molecule has 0 aliphatic rings. The molecule has 0 unspecified atom stereocenters. The van der Waals surface area contributed by atoms with Crippen molar-refractivity contribution in [3.8, 4) is 5.75 Å². The molecule has 1 aromatic rings. The lowest BCUT2D eigenvalue weighted by atomic mass is 10.1. The van der Waals surface area contributed by atoms with Gasteiger partial charge in [0.25, 0.3) is 0 Å². The normalized spacial score (nSPS) is 9.50. The van der Waals surface area contributed by atoms with Gasteiger partial charge in [0.1, 0.15) is 5.75 Å². The van der Waals surface area contributed by atoms with Gasteiger partial charge in [0.15, 0.2) is 0 Å². The van der Waals surface area contributed by atoms with Crippen molar-refractivity contribution in [1.29, 1.82) is 0 Å². The van der Waals surface area contributed by atoms with E-state index in [1.165, 1.54) is 7.11 Å². The third-order valence-corrected chi connectivity index (χ3v) is 1.44. The van der Waals surface area contributed by atoms with Gasteiger partial charge < -0.3 is 9.84 Å². The zero-order valence-electron chi connectivity index (χ0n) is 6.92. The van der Waals surface area contributed by atoms with Crippen LogP contribution in [0.25, 0.3) is 0 Å². The molecular weight excluding hydrogens is 156 g/mol. The van der Waals surface area contributed by atoms with E-state index in [-0.39, 0.29) is 5.56 Å². The summed E-state index contributed by atoms with van der Waals surface area (Å²) in [5.41, 5.74) is 0.981. The minimum Gasteiger partial charge on any atom is -0.496 e. The van der Waals surface area contributed by atoms with Crippen LogP contribution in [0.15, 0.2) is 12.1 Å². The van der Waals surface area contributed by atoms with Gasteiger partial charge in [-0.2, -0.15) is 0 Å². The lowest BCUT2D eigenvalue weighted by molar-refractivity contribution is 0.0696. The van der Waals surface area contributed by atoms with Crippen LogP contribution in [0, 0.1) is 13.0 Å². The molecule has 0 saturated heterocycles. The molecule has 1 aromatic carbocycles. The van der Waals surface area contributed by atoms with Gasteiger partial charge in [-0.05, 0) is 24.6 Å². The van der Waals surface area contributed by atoms with E-state index in [2.05, 4.69) is 6.07 Å². The summed E-state index contributed by atoms with van der Waals surface area (Å²) in [7, 11) is 1.48. The summed E-state index contributed by atoms with van der Waals surface area (Å²) in [6.45, 7) is 1.81. The molecular formula is C9H9O3. The number of benzene rings is 1. The lowest BCUT2D eigenvalue weighted by Crippen LogP contribution is -1.98. The number of hydrogen-bond donors (Lipinski definition) is 1. The number of carboxylic acids is 1. The van der Waals surface area contributed by atoms with Crippen molar-refractivity contribution >= 4 is 5.97 Å². The molecule has 0 heterocycles. The maximum atomic E-state index is 10.5. The molecule has 12 heavy (non-hydrogen) atoms. The van der Waals surface area contributed by atoms with Gasteiger partial charge >= 0.3 is 5.97 Å². The van der Waals surface area contributed by atoms with E-state index in [9.17, 15) is 4.79 Å². The number of rotatable bonds is 2. The number of carboxylic acid groups (broad SMARTS) is 1. The summed E-state index contributed by atoms with van der Waals surface area (Å²) in [5.74, 6) is -0.538. The van der Waals surface area contributed by atoms with Gasteiger partial charge in [0.05, 0.1) is 12.7 Å². The summed E-state index contributed by atoms with van der Waals surface area (Å²) in [4.78, 5) is 10.5. The number of ether oxygens (including phenoxy) is 1. The fraction of sp³-hybridized carbons (Fsp3) is 0.222. The Bertz CT molecular complexity index is 305. The highest BCUT2D eigenvalue weighted by Crippen LogP contribution is 2.14. The van der Waals surface area contributed by atoms with Gasteiger partial charge in [0.2, 0.25) is 0 Å². The van der Waals surface area contributed by atoms with Gasteiger partial charge in [-0.3, -0.25) is 0 Å². The monoisotopic (exact) mass is 165 g/mol. The second kappa shape index (κ2) is 3.26. The topological polar surface area (TPSA) is 46.5 Å². The molecule has 3 nitrogen and oxygen atoms in total. The minimum atomic E-state index is -0.989. The number of hydrogen-bond acceptors (Lipinski definition) is 2. The Morgan fingerprint density at radius 2 is 2.25 bits per heavy atom. The van der Waals surface area contributed by atoms with Crippen LogP contribution in [0.5, 0.6) is 5.75 Å². The van der Waals surface area contributed by atoms with E-state index in [1.807, 2.05) is 6.92 Å². The number of aromatic carboxylic acids is 1. The molecule has 0 saturated carbocycles. The summed E-state index contributed by atoms with van der Waals surface area (Å²) in [6.07, 6.45) is 0. The predicted octanol–water partition coefficient (Wildman–Crippen LogP) is 1.50. The van der Waals surface area contributed by atoms with Crippen LogP contribution in [-0.2, 0) is 0 Å². The van der Waals surface area contributed by atoms with Crippen molar-refractivity contribution in [2.45, 2.75) is 6.92 Å². The van der Waals surface area contributed by atoms with E-state index < -0.39 is 5.97 Å². The Kier molecular flexibility index (Phi) is 2.33. The van der Waals surface area contributed by atoms with E-state index in [1.54, 1.807) is 12.1 Å². The van der Waals surface area contributed by atoms with E-state index >= 15 is 0 Å². The standard InChI is InChI=1S/C9H9O3/c1-6-3-7(9(10)11)5-8(4-6)12-2/h3-4H,1-2H3,(H,10,11). The Morgan fingerprint density at radius 1 is 1.58 bits per heavy atom. The molecule has 0 aliphatic heterocycles. The van der Waals surface area contributed by atoms with Crippen molar-refractivity contribution in [3.05, 3.63) is 29.3 Å². The Balaban J connectivity index is 3.15. The summed E-state index contributed by atoms with van der Waals surface area (Å²) >= 11 is 0. The molecule has 0 spiro atoms. The van der Waals surface area contributed by atoms with Crippen LogP contribution in [0.2, 0.25) is 0 Å². The molecule has 0 amide bonds. The molecule has 0 fully saturated rings. The van der Waals surface area contributed by atoms with Gasteiger partial charge in [-0.25, -0.2) is 4.79 Å². The molecule has 0 bridgehead atoms. The first-order chi connectivity index (χ1) is 5.63. The average Bonchev–Trinajstić information content (AvgIpc) is 2.03. The van der Waals surface area contributed by atoms with E-state index in [4.69, 9.17) is 9.84 Å². The SMILES string of the molecule is COc1[c]c(C(=O)O)cc(C)c1. The molecule has 63 valence electrons. The smallest absolute Gasteiger partial charge is 0.336 e. The lowest BCUT2D eigenvalue weighted by Gasteiger charge is -2.01. The van der Waals surface area contributed by atoms with Crippen LogP contribution < -0.4 is 4.74 Å². The Labute approximate surface area is 70.6 Å². The molecule has 1 N–H and O–H groups in total. The van der Waals surface area contributed by atoms with Crippen molar-refractivity contribution in [3.63, 3.8) is 0 Å². The minimum absolute atomic E-state index is 0.131. The second-order valence-electron chi connectivity index (χ2n) is 2.44. The van der Waals surface area contributed by atoms with E-state index in [0.29, 0.717) is 5.75 Å². The summed E-state index contributed by atoms with van der Waals surface area (Å²) < 4.78 is 4.87. The molecule has 0 atom stereocenters. The third-order valence-electron chi connectivity index (χ3n) is 1.44.